The van der Waals surface area contributed by atoms with Gasteiger partial charge in [-0.15, -0.1) is 0 Å². The molecule has 7 heteroatoms. The van der Waals surface area contributed by atoms with Crippen LogP contribution in [0.3, 0.4) is 0 Å². The van der Waals surface area contributed by atoms with E-state index in [0.29, 0.717) is 0 Å². The van der Waals surface area contributed by atoms with E-state index in [1.54, 1.807) is 7.05 Å². The zero-order valence-corrected chi connectivity index (χ0v) is 7.75. The van der Waals surface area contributed by atoms with Gasteiger partial charge in [0.15, 0.2) is 0 Å². The summed E-state index contributed by atoms with van der Waals surface area (Å²) in [5.74, 6) is 0. The number of hydrogen-bond acceptors (Lipinski definition) is 5. The molecule has 0 aliphatic rings. The third-order valence-corrected chi connectivity index (χ3v) is 1.92. The van der Waals surface area contributed by atoms with E-state index in [1.807, 2.05) is 0 Å². The second-order valence-corrected chi connectivity index (χ2v) is 2.89. The molecule has 7 nitrogen and oxygen atoms in total. The number of nitro groups is 1. The quantitative estimate of drug-likeness (QED) is 0.513. The maximum absolute atomic E-state index is 10.6. The van der Waals surface area contributed by atoms with Crippen LogP contribution in [-0.4, -0.2) is 26.4 Å². The Hall–Kier alpha value is -1.47. The average molecular weight is 200 g/mol. The highest BCUT2D eigenvalue weighted by Gasteiger charge is 2.24. The number of nitrogens with zero attached hydrogens (tertiary/aromatic N) is 3. The zero-order chi connectivity index (χ0) is 10.7. The lowest BCUT2D eigenvalue weighted by Gasteiger charge is -2.08. The van der Waals surface area contributed by atoms with Crippen LogP contribution >= 0.6 is 0 Å². The highest BCUT2D eigenvalue weighted by atomic mass is 16.6. The SMILES string of the molecule is Cn1ncc([N+](=O)[O-])c1C(O)CCN. The van der Waals surface area contributed by atoms with E-state index in [9.17, 15) is 15.2 Å². The molecule has 0 aliphatic carbocycles. The van der Waals surface area contributed by atoms with Crippen molar-refractivity contribution in [3.05, 3.63) is 22.0 Å². The number of hydrogen-bond donors (Lipinski definition) is 2. The molecule has 0 bridgehead atoms. The third-order valence-electron chi connectivity index (χ3n) is 1.92. The molecular weight excluding hydrogens is 188 g/mol. The lowest BCUT2D eigenvalue weighted by molar-refractivity contribution is -0.386. The molecule has 78 valence electrons. The van der Waals surface area contributed by atoms with Crippen molar-refractivity contribution in [2.24, 2.45) is 12.8 Å². The molecule has 0 fully saturated rings. The first-order valence-corrected chi connectivity index (χ1v) is 4.12. The lowest BCUT2D eigenvalue weighted by Crippen LogP contribution is -2.12. The predicted molar refractivity (Wildman–Crippen MR) is 48.5 cm³/mol. The van der Waals surface area contributed by atoms with Gasteiger partial charge in [0.2, 0.25) is 0 Å². The van der Waals surface area contributed by atoms with Crippen LogP contribution in [0.5, 0.6) is 0 Å². The van der Waals surface area contributed by atoms with Crippen molar-refractivity contribution in [1.29, 1.82) is 0 Å². The normalized spacial score (nSPS) is 12.8. The molecule has 0 aromatic carbocycles. The summed E-state index contributed by atoms with van der Waals surface area (Å²) in [4.78, 5) is 9.99. The van der Waals surface area contributed by atoms with Crippen LogP contribution in [0.2, 0.25) is 0 Å². The van der Waals surface area contributed by atoms with Gasteiger partial charge in [-0.1, -0.05) is 0 Å². The van der Waals surface area contributed by atoms with Crippen molar-refractivity contribution in [2.75, 3.05) is 6.54 Å². The standard InChI is InChI=1S/C7H12N4O3/c1-10-7(6(12)2-3-8)5(4-9-10)11(13)14/h4,6,12H,2-3,8H2,1H3. The molecular formula is C7H12N4O3. The van der Waals surface area contributed by atoms with Gasteiger partial charge in [-0.05, 0) is 13.0 Å². The van der Waals surface area contributed by atoms with Gasteiger partial charge in [-0.25, -0.2) is 0 Å². The lowest BCUT2D eigenvalue weighted by atomic mass is 10.1. The van der Waals surface area contributed by atoms with E-state index in [2.05, 4.69) is 5.10 Å². The third kappa shape index (κ3) is 1.88. The first-order valence-electron chi connectivity index (χ1n) is 4.12. The van der Waals surface area contributed by atoms with Crippen LogP contribution in [0.15, 0.2) is 6.20 Å². The van der Waals surface area contributed by atoms with Crippen LogP contribution in [0, 0.1) is 10.1 Å². The highest BCUT2D eigenvalue weighted by molar-refractivity contribution is 5.34. The average Bonchev–Trinajstić information content (AvgIpc) is 2.47. The molecule has 1 heterocycles. The number of aromatic nitrogens is 2. The van der Waals surface area contributed by atoms with Crippen molar-refractivity contribution in [3.63, 3.8) is 0 Å². The van der Waals surface area contributed by atoms with Crippen LogP contribution in [0.25, 0.3) is 0 Å². The maximum Gasteiger partial charge on any atom is 0.312 e. The molecule has 0 aliphatic heterocycles. The van der Waals surface area contributed by atoms with E-state index >= 15 is 0 Å². The molecule has 0 spiro atoms. The summed E-state index contributed by atoms with van der Waals surface area (Å²) >= 11 is 0. The van der Waals surface area contributed by atoms with Crippen molar-refractivity contribution in [2.45, 2.75) is 12.5 Å². The number of aliphatic hydroxyl groups excluding tert-OH is 1. The summed E-state index contributed by atoms with van der Waals surface area (Å²) < 4.78 is 1.29. The van der Waals surface area contributed by atoms with Gasteiger partial charge in [-0.2, -0.15) is 5.10 Å². The Morgan fingerprint density at radius 2 is 2.50 bits per heavy atom. The molecule has 1 unspecified atom stereocenters. The van der Waals surface area contributed by atoms with Crippen LogP contribution < -0.4 is 5.73 Å². The summed E-state index contributed by atoms with van der Waals surface area (Å²) in [5.41, 5.74) is 5.27. The number of aliphatic hydroxyl groups is 1. The largest absolute Gasteiger partial charge is 0.386 e. The van der Waals surface area contributed by atoms with E-state index in [0.717, 1.165) is 6.20 Å². The fourth-order valence-electron chi connectivity index (χ4n) is 1.26. The Morgan fingerprint density at radius 3 is 3.00 bits per heavy atom. The number of nitrogens with two attached hydrogens (primary N) is 1. The smallest absolute Gasteiger partial charge is 0.312 e. The minimum atomic E-state index is -0.937. The molecule has 14 heavy (non-hydrogen) atoms. The first kappa shape index (κ1) is 10.6. The molecule has 0 saturated carbocycles. The summed E-state index contributed by atoms with van der Waals surface area (Å²) in [6.45, 7) is 0.267. The van der Waals surface area contributed by atoms with Crippen molar-refractivity contribution in [3.8, 4) is 0 Å². The molecule has 1 rings (SSSR count). The zero-order valence-electron chi connectivity index (χ0n) is 7.75. The van der Waals surface area contributed by atoms with Gasteiger partial charge < -0.3 is 10.8 Å². The minimum Gasteiger partial charge on any atom is -0.386 e. The van der Waals surface area contributed by atoms with E-state index < -0.39 is 11.0 Å². The fraction of sp³-hybridized carbons (Fsp3) is 0.571. The Bertz CT molecular complexity index is 336. The molecule has 3 N–H and O–H groups in total. The van der Waals surface area contributed by atoms with Crippen LogP contribution in [-0.2, 0) is 7.05 Å². The Labute approximate surface area is 80.3 Å². The summed E-state index contributed by atoms with van der Waals surface area (Å²) in [6.07, 6.45) is 0.461. The monoisotopic (exact) mass is 200 g/mol. The minimum absolute atomic E-state index is 0.173. The van der Waals surface area contributed by atoms with Gasteiger partial charge in [0.25, 0.3) is 0 Å². The number of aryl methyl sites for hydroxylation is 1. The second-order valence-electron chi connectivity index (χ2n) is 2.89. The molecule has 1 aromatic heterocycles. The highest BCUT2D eigenvalue weighted by Crippen LogP contribution is 2.25. The topological polar surface area (TPSA) is 107 Å². The molecule has 0 saturated heterocycles. The van der Waals surface area contributed by atoms with Gasteiger partial charge in [-0.3, -0.25) is 14.8 Å². The summed E-state index contributed by atoms with van der Waals surface area (Å²) in [6, 6.07) is 0. The van der Waals surface area contributed by atoms with E-state index in [-0.39, 0.29) is 24.3 Å². The Morgan fingerprint density at radius 1 is 1.86 bits per heavy atom. The predicted octanol–water partition coefficient (Wildman–Crippen LogP) is -0.290. The molecule has 0 amide bonds. The maximum atomic E-state index is 10.6. The van der Waals surface area contributed by atoms with E-state index in [4.69, 9.17) is 5.73 Å². The van der Waals surface area contributed by atoms with Crippen molar-refractivity contribution >= 4 is 5.69 Å². The fourth-order valence-corrected chi connectivity index (χ4v) is 1.26. The van der Waals surface area contributed by atoms with Crippen LogP contribution in [0.1, 0.15) is 18.2 Å². The summed E-state index contributed by atoms with van der Waals surface area (Å²) in [5, 5.41) is 23.8. The Kier molecular flexibility index (Phi) is 3.15. The molecule has 0 radical (unpaired) electrons. The van der Waals surface area contributed by atoms with Gasteiger partial charge in [0.05, 0.1) is 4.92 Å². The van der Waals surface area contributed by atoms with Gasteiger partial charge >= 0.3 is 5.69 Å². The van der Waals surface area contributed by atoms with Gasteiger partial charge in [0.1, 0.15) is 18.0 Å². The summed E-state index contributed by atoms with van der Waals surface area (Å²) in [7, 11) is 1.54. The second kappa shape index (κ2) is 4.16. The van der Waals surface area contributed by atoms with Crippen LogP contribution in [0.4, 0.5) is 5.69 Å². The van der Waals surface area contributed by atoms with Gasteiger partial charge in [0, 0.05) is 7.05 Å². The van der Waals surface area contributed by atoms with E-state index in [1.165, 1.54) is 4.68 Å². The molecule has 1 atom stereocenters. The Balaban J connectivity index is 3.04. The van der Waals surface area contributed by atoms with Crippen molar-refractivity contribution < 1.29 is 10.0 Å². The first-order chi connectivity index (χ1) is 6.57. The molecule has 1 aromatic rings. The van der Waals surface area contributed by atoms with Crippen molar-refractivity contribution in [1.82, 2.24) is 9.78 Å². The number of rotatable bonds is 4.